The second kappa shape index (κ2) is 6.49. The number of ether oxygens (including phenoxy) is 1. The third kappa shape index (κ3) is 3.34. The Bertz CT molecular complexity index is 551. The molecule has 19 heavy (non-hydrogen) atoms. The number of aryl methyl sites for hydroxylation is 1. The van der Waals surface area contributed by atoms with Gasteiger partial charge in [0.25, 0.3) is 0 Å². The van der Waals surface area contributed by atoms with Gasteiger partial charge in [0, 0.05) is 0 Å². The standard InChI is InChI=1S/C15H16BrClO2/c1-3-7-18-13-5-4-11(9-12(13)16)14(17)15-10(2)6-8-19-15/h4-6,8-9,14H,3,7H2,1-2H3. The fraction of sp³-hybridized carbons (Fsp3) is 0.333. The van der Waals surface area contributed by atoms with Crippen molar-refractivity contribution < 1.29 is 9.15 Å². The third-order valence-electron chi connectivity index (χ3n) is 2.84. The van der Waals surface area contributed by atoms with Crippen LogP contribution in [0.25, 0.3) is 0 Å². The molecule has 0 amide bonds. The average molecular weight is 344 g/mol. The molecule has 1 unspecified atom stereocenters. The van der Waals surface area contributed by atoms with E-state index in [4.69, 9.17) is 20.8 Å². The lowest BCUT2D eigenvalue weighted by Gasteiger charge is -2.12. The van der Waals surface area contributed by atoms with Gasteiger partial charge in [-0.2, -0.15) is 0 Å². The molecule has 0 aliphatic carbocycles. The third-order valence-corrected chi connectivity index (χ3v) is 3.91. The summed E-state index contributed by atoms with van der Waals surface area (Å²) in [5.41, 5.74) is 2.04. The van der Waals surface area contributed by atoms with Gasteiger partial charge in [-0.25, -0.2) is 0 Å². The first-order chi connectivity index (χ1) is 9.13. The van der Waals surface area contributed by atoms with E-state index in [1.165, 1.54) is 0 Å². The van der Waals surface area contributed by atoms with E-state index in [2.05, 4.69) is 22.9 Å². The van der Waals surface area contributed by atoms with Crippen molar-refractivity contribution in [3.8, 4) is 5.75 Å². The predicted octanol–water partition coefficient (Wildman–Crippen LogP) is 5.47. The normalized spacial score (nSPS) is 12.4. The number of furan rings is 1. The van der Waals surface area contributed by atoms with Gasteiger partial charge in [0.15, 0.2) is 0 Å². The largest absolute Gasteiger partial charge is 0.492 e. The molecule has 0 aliphatic heterocycles. The highest BCUT2D eigenvalue weighted by atomic mass is 79.9. The summed E-state index contributed by atoms with van der Waals surface area (Å²) in [5, 5.41) is -0.286. The molecule has 102 valence electrons. The van der Waals surface area contributed by atoms with E-state index >= 15 is 0 Å². The van der Waals surface area contributed by atoms with Crippen LogP contribution in [0.15, 0.2) is 39.4 Å². The summed E-state index contributed by atoms with van der Waals surface area (Å²) in [6.07, 6.45) is 2.64. The molecule has 2 aromatic rings. The van der Waals surface area contributed by atoms with Gasteiger partial charge < -0.3 is 9.15 Å². The zero-order valence-corrected chi connectivity index (χ0v) is 13.3. The van der Waals surface area contributed by atoms with Crippen LogP contribution in [-0.2, 0) is 0 Å². The molecule has 1 aromatic carbocycles. The summed E-state index contributed by atoms with van der Waals surface area (Å²) in [4.78, 5) is 0. The molecule has 1 aromatic heterocycles. The lowest BCUT2D eigenvalue weighted by Crippen LogP contribution is -1.98. The number of benzene rings is 1. The van der Waals surface area contributed by atoms with Crippen LogP contribution < -0.4 is 4.74 Å². The maximum atomic E-state index is 6.45. The van der Waals surface area contributed by atoms with E-state index in [0.29, 0.717) is 6.61 Å². The molecule has 4 heteroatoms. The molecule has 1 atom stereocenters. The van der Waals surface area contributed by atoms with Gasteiger partial charge in [0.05, 0.1) is 17.3 Å². The van der Waals surface area contributed by atoms with Gasteiger partial charge in [-0.1, -0.05) is 13.0 Å². The maximum absolute atomic E-state index is 6.45. The molecule has 0 fully saturated rings. The van der Waals surface area contributed by atoms with Gasteiger partial charge in [-0.15, -0.1) is 11.6 Å². The fourth-order valence-corrected chi connectivity index (χ4v) is 2.67. The highest BCUT2D eigenvalue weighted by Crippen LogP contribution is 2.35. The maximum Gasteiger partial charge on any atom is 0.133 e. The monoisotopic (exact) mass is 342 g/mol. The highest BCUT2D eigenvalue weighted by Gasteiger charge is 2.17. The minimum absolute atomic E-state index is 0.286. The van der Waals surface area contributed by atoms with E-state index in [-0.39, 0.29) is 5.38 Å². The summed E-state index contributed by atoms with van der Waals surface area (Å²) in [5.74, 6) is 1.63. The van der Waals surface area contributed by atoms with Crippen LogP contribution in [0.2, 0.25) is 0 Å². The minimum atomic E-state index is -0.286. The zero-order valence-electron chi connectivity index (χ0n) is 11.0. The second-order valence-electron chi connectivity index (χ2n) is 4.37. The Morgan fingerprint density at radius 2 is 2.16 bits per heavy atom. The molecule has 2 nitrogen and oxygen atoms in total. The Kier molecular flexibility index (Phi) is 4.94. The van der Waals surface area contributed by atoms with Crippen LogP contribution >= 0.6 is 27.5 Å². The molecule has 0 saturated carbocycles. The fourth-order valence-electron chi connectivity index (χ4n) is 1.80. The molecule has 1 heterocycles. The Morgan fingerprint density at radius 3 is 2.74 bits per heavy atom. The van der Waals surface area contributed by atoms with E-state index in [9.17, 15) is 0 Å². The number of alkyl halides is 1. The van der Waals surface area contributed by atoms with E-state index in [1.807, 2.05) is 31.2 Å². The smallest absolute Gasteiger partial charge is 0.133 e. The molecule has 0 N–H and O–H groups in total. The predicted molar refractivity (Wildman–Crippen MR) is 81.1 cm³/mol. The van der Waals surface area contributed by atoms with Gasteiger partial charge in [0.2, 0.25) is 0 Å². The molecular weight excluding hydrogens is 328 g/mol. The SMILES string of the molecule is CCCOc1ccc(C(Cl)c2occc2C)cc1Br. The van der Waals surface area contributed by atoms with Crippen LogP contribution in [0.5, 0.6) is 5.75 Å². The lowest BCUT2D eigenvalue weighted by molar-refractivity contribution is 0.315. The van der Waals surface area contributed by atoms with Gasteiger partial charge in [-0.3, -0.25) is 0 Å². The summed E-state index contributed by atoms with van der Waals surface area (Å²) in [6.45, 7) is 4.78. The summed E-state index contributed by atoms with van der Waals surface area (Å²) in [6, 6.07) is 7.79. The minimum Gasteiger partial charge on any atom is -0.492 e. The van der Waals surface area contributed by atoms with Gasteiger partial charge in [0.1, 0.15) is 16.9 Å². The van der Waals surface area contributed by atoms with Crippen molar-refractivity contribution >= 4 is 27.5 Å². The van der Waals surface area contributed by atoms with Crippen LogP contribution in [0.1, 0.15) is 35.6 Å². The number of hydrogen-bond donors (Lipinski definition) is 0. The first-order valence-electron chi connectivity index (χ1n) is 6.23. The average Bonchev–Trinajstić information content (AvgIpc) is 2.82. The van der Waals surface area contributed by atoms with Gasteiger partial charge >= 0.3 is 0 Å². The van der Waals surface area contributed by atoms with Crippen molar-refractivity contribution in [3.63, 3.8) is 0 Å². The summed E-state index contributed by atoms with van der Waals surface area (Å²) in [7, 11) is 0. The van der Waals surface area contributed by atoms with Crippen LogP contribution in [0.4, 0.5) is 0 Å². The Balaban J connectivity index is 2.22. The lowest BCUT2D eigenvalue weighted by atomic mass is 10.1. The van der Waals surface area contributed by atoms with Crippen LogP contribution in [0.3, 0.4) is 0 Å². The second-order valence-corrected chi connectivity index (χ2v) is 5.66. The number of halogens is 2. The molecule has 0 spiro atoms. The zero-order chi connectivity index (χ0) is 13.8. The molecule has 2 rings (SSSR count). The van der Waals surface area contributed by atoms with Crippen LogP contribution in [-0.4, -0.2) is 6.61 Å². The topological polar surface area (TPSA) is 22.4 Å². The Labute approximate surface area is 126 Å². The molecule has 0 aliphatic rings. The number of hydrogen-bond acceptors (Lipinski definition) is 2. The van der Waals surface area contributed by atoms with Crippen molar-refractivity contribution in [1.29, 1.82) is 0 Å². The first kappa shape index (κ1) is 14.5. The molecular formula is C15H16BrClO2. The number of rotatable bonds is 5. The molecule has 0 bridgehead atoms. The van der Waals surface area contributed by atoms with E-state index < -0.39 is 0 Å². The van der Waals surface area contributed by atoms with Crippen molar-refractivity contribution in [1.82, 2.24) is 0 Å². The summed E-state index contributed by atoms with van der Waals surface area (Å²) < 4.78 is 12.0. The van der Waals surface area contributed by atoms with E-state index in [0.717, 1.165) is 33.5 Å². The quantitative estimate of drug-likeness (QED) is 0.672. The van der Waals surface area contributed by atoms with Crippen molar-refractivity contribution in [2.24, 2.45) is 0 Å². The van der Waals surface area contributed by atoms with Crippen molar-refractivity contribution in [3.05, 3.63) is 51.9 Å². The van der Waals surface area contributed by atoms with Crippen molar-refractivity contribution in [2.45, 2.75) is 25.6 Å². The molecule has 0 saturated heterocycles. The summed E-state index contributed by atoms with van der Waals surface area (Å²) >= 11 is 9.96. The Hall–Kier alpha value is -0.930. The van der Waals surface area contributed by atoms with E-state index in [1.54, 1.807) is 6.26 Å². The van der Waals surface area contributed by atoms with Crippen LogP contribution in [0, 0.1) is 6.92 Å². The highest BCUT2D eigenvalue weighted by molar-refractivity contribution is 9.10. The molecule has 0 radical (unpaired) electrons. The van der Waals surface area contributed by atoms with Gasteiger partial charge in [-0.05, 0) is 58.6 Å². The van der Waals surface area contributed by atoms with Crippen molar-refractivity contribution in [2.75, 3.05) is 6.61 Å². The first-order valence-corrected chi connectivity index (χ1v) is 7.46. The Morgan fingerprint density at radius 1 is 1.37 bits per heavy atom.